The number of aromatic amines is 1. The third kappa shape index (κ3) is 6.28. The Morgan fingerprint density at radius 1 is 1.38 bits per heavy atom. The fourth-order valence-electron chi connectivity index (χ4n) is 3.73. The van der Waals surface area contributed by atoms with Crippen molar-refractivity contribution in [2.24, 2.45) is 11.0 Å². The monoisotopic (exact) mass is 538 g/mol. The molecular weight excluding hydrogens is 511 g/mol. The zero-order chi connectivity index (χ0) is 27.2. The summed E-state index contributed by atoms with van der Waals surface area (Å²) in [6, 6.07) is 7.94. The predicted molar refractivity (Wildman–Crippen MR) is 128 cm³/mol. The molecule has 1 unspecified atom stereocenters. The Morgan fingerprint density at radius 3 is 2.68 bits per heavy atom. The molecule has 0 bridgehead atoms. The van der Waals surface area contributed by atoms with Crippen LogP contribution in [0.5, 0.6) is 5.75 Å². The molecule has 0 aliphatic carbocycles. The van der Waals surface area contributed by atoms with Gasteiger partial charge in [0.2, 0.25) is 0 Å². The molecule has 1 fully saturated rings. The summed E-state index contributed by atoms with van der Waals surface area (Å²) in [7, 11) is -3.23. The van der Waals surface area contributed by atoms with E-state index in [1.165, 1.54) is 19.1 Å². The number of aromatic nitrogens is 2. The van der Waals surface area contributed by atoms with E-state index in [4.69, 9.17) is 18.5 Å². The van der Waals surface area contributed by atoms with E-state index in [1.54, 1.807) is 25.1 Å². The van der Waals surface area contributed by atoms with Crippen LogP contribution in [-0.2, 0) is 23.4 Å². The second-order valence-corrected chi connectivity index (χ2v) is 9.85. The summed E-state index contributed by atoms with van der Waals surface area (Å²) in [4.78, 5) is 40.7. The molecular formula is C21H27N6O9P. The highest BCUT2D eigenvalue weighted by molar-refractivity contribution is 7.52. The second kappa shape index (κ2) is 11.7. The number of H-pyrrole nitrogens is 1. The van der Waals surface area contributed by atoms with E-state index in [-0.39, 0.29) is 12.2 Å². The number of benzene rings is 1. The number of rotatable bonds is 11. The maximum atomic E-state index is 13.8. The van der Waals surface area contributed by atoms with Crippen LogP contribution in [0.3, 0.4) is 0 Å². The number of carbonyl (C=O) groups excluding carboxylic acids is 1. The highest BCUT2D eigenvalue weighted by Gasteiger charge is 2.55. The molecule has 1 saturated heterocycles. The Kier molecular flexibility index (Phi) is 8.92. The molecule has 15 nitrogen and oxygen atoms in total. The lowest BCUT2D eigenvalue weighted by Gasteiger charge is -2.30. The highest BCUT2D eigenvalue weighted by Crippen LogP contribution is 2.49. The third-order valence-corrected chi connectivity index (χ3v) is 7.24. The molecule has 2 heterocycles. The van der Waals surface area contributed by atoms with Crippen LogP contribution in [0.4, 0.5) is 0 Å². The summed E-state index contributed by atoms with van der Waals surface area (Å²) < 4.78 is 36.5. The maximum Gasteiger partial charge on any atom is 0.459 e. The Labute approximate surface area is 210 Å². The zero-order valence-corrected chi connectivity index (χ0v) is 21.1. The van der Waals surface area contributed by atoms with Crippen molar-refractivity contribution < 1.29 is 33.0 Å². The molecule has 1 aliphatic heterocycles. The first-order valence-electron chi connectivity index (χ1n) is 11.2. The van der Waals surface area contributed by atoms with Gasteiger partial charge < -0.3 is 19.1 Å². The molecule has 16 heteroatoms. The fourth-order valence-corrected chi connectivity index (χ4v) is 5.33. The van der Waals surface area contributed by atoms with Crippen LogP contribution >= 0.6 is 7.75 Å². The summed E-state index contributed by atoms with van der Waals surface area (Å²) in [6.45, 7) is 2.36. The Balaban J connectivity index is 1.94. The van der Waals surface area contributed by atoms with Crippen LogP contribution in [0.15, 0.2) is 57.3 Å². The largest absolute Gasteiger partial charge is 0.468 e. The maximum absolute atomic E-state index is 13.8. The number of ether oxygens (including phenoxy) is 2. The first-order chi connectivity index (χ1) is 17.6. The third-order valence-electron chi connectivity index (χ3n) is 5.69. The minimum absolute atomic E-state index is 0.134. The lowest BCUT2D eigenvalue weighted by atomic mass is 9.98. The number of esters is 1. The molecule has 1 aliphatic rings. The number of hydrogen-bond donors (Lipinski definition) is 3. The van der Waals surface area contributed by atoms with Gasteiger partial charge in [-0.25, -0.2) is 9.36 Å². The minimum atomic E-state index is -4.39. The van der Waals surface area contributed by atoms with E-state index in [0.29, 0.717) is 0 Å². The van der Waals surface area contributed by atoms with Gasteiger partial charge in [0.05, 0.1) is 19.8 Å². The highest BCUT2D eigenvalue weighted by atomic mass is 31.2. The van der Waals surface area contributed by atoms with E-state index < -0.39 is 61.6 Å². The van der Waals surface area contributed by atoms with Crippen molar-refractivity contribution >= 4 is 13.7 Å². The fraction of sp³-hybridized carbons (Fsp3) is 0.476. The SMILES string of the molecule is CC[C@H](NP(=O)(OC[C@@]1(N=[N+]=[N-])O[C@@H](n2ccc(=O)[nH]c2=O)[C@@H](C)[C@@H]1O)Oc1ccccc1)C(=O)OC. The summed E-state index contributed by atoms with van der Waals surface area (Å²) in [5, 5.41) is 17.1. The van der Waals surface area contributed by atoms with Crippen LogP contribution in [0.1, 0.15) is 26.5 Å². The van der Waals surface area contributed by atoms with Crippen LogP contribution < -0.4 is 20.9 Å². The van der Waals surface area contributed by atoms with Crippen LogP contribution in [-0.4, -0.2) is 52.2 Å². The molecule has 2 aromatic rings. The summed E-state index contributed by atoms with van der Waals surface area (Å²) in [6.07, 6.45) is -1.41. The molecule has 0 radical (unpaired) electrons. The minimum Gasteiger partial charge on any atom is -0.468 e. The molecule has 1 aromatic heterocycles. The molecule has 3 N–H and O–H groups in total. The first kappa shape index (κ1) is 28.1. The smallest absolute Gasteiger partial charge is 0.459 e. The molecule has 37 heavy (non-hydrogen) atoms. The van der Waals surface area contributed by atoms with Gasteiger partial charge in [-0.3, -0.25) is 23.7 Å². The van der Waals surface area contributed by atoms with Crippen LogP contribution in [0.25, 0.3) is 10.4 Å². The number of methoxy groups -OCH3 is 1. The zero-order valence-electron chi connectivity index (χ0n) is 20.2. The van der Waals surface area contributed by atoms with Gasteiger partial charge in [-0.2, -0.15) is 5.09 Å². The number of para-hydroxylation sites is 1. The molecule has 200 valence electrons. The van der Waals surface area contributed by atoms with Crippen LogP contribution in [0, 0.1) is 5.92 Å². The average Bonchev–Trinajstić information content (AvgIpc) is 3.12. The van der Waals surface area contributed by atoms with Crippen molar-refractivity contribution in [1.29, 1.82) is 0 Å². The van der Waals surface area contributed by atoms with E-state index in [1.807, 2.05) is 0 Å². The van der Waals surface area contributed by atoms with Crippen molar-refractivity contribution in [2.75, 3.05) is 13.7 Å². The molecule has 1 aromatic carbocycles. The van der Waals surface area contributed by atoms with Gasteiger partial charge in [0, 0.05) is 23.1 Å². The normalized spacial score (nSPS) is 25.5. The Bertz CT molecular complexity index is 1310. The van der Waals surface area contributed by atoms with Gasteiger partial charge in [-0.15, -0.1) is 0 Å². The van der Waals surface area contributed by atoms with E-state index >= 15 is 0 Å². The summed E-state index contributed by atoms with van der Waals surface area (Å²) in [5.41, 5.74) is 5.60. The first-order valence-corrected chi connectivity index (χ1v) is 12.7. The topological polar surface area (TPSA) is 207 Å². The number of aliphatic hydroxyl groups is 1. The van der Waals surface area contributed by atoms with Gasteiger partial charge in [0.25, 0.3) is 5.56 Å². The van der Waals surface area contributed by atoms with Crippen molar-refractivity contribution in [3.05, 3.63) is 73.9 Å². The molecule has 0 spiro atoms. The van der Waals surface area contributed by atoms with Crippen LogP contribution in [0.2, 0.25) is 0 Å². The van der Waals surface area contributed by atoms with Crippen molar-refractivity contribution in [1.82, 2.24) is 14.6 Å². The summed E-state index contributed by atoms with van der Waals surface area (Å²) >= 11 is 0. The van der Waals surface area contributed by atoms with Gasteiger partial charge in [-0.1, -0.05) is 37.2 Å². The summed E-state index contributed by atoms with van der Waals surface area (Å²) in [5.74, 6) is -1.44. The van der Waals surface area contributed by atoms with Gasteiger partial charge in [-0.05, 0) is 24.1 Å². The Morgan fingerprint density at radius 2 is 2.08 bits per heavy atom. The quantitative estimate of drug-likeness (QED) is 0.124. The van der Waals surface area contributed by atoms with Crippen molar-refractivity contribution in [3.8, 4) is 5.75 Å². The number of nitrogens with zero attached hydrogens (tertiary/aromatic N) is 4. The van der Waals surface area contributed by atoms with E-state index in [0.717, 1.165) is 23.9 Å². The molecule has 0 amide bonds. The molecule has 3 rings (SSSR count). The number of nitrogens with one attached hydrogen (secondary N) is 2. The van der Waals surface area contributed by atoms with Crippen molar-refractivity contribution in [3.63, 3.8) is 0 Å². The van der Waals surface area contributed by atoms with Gasteiger partial charge in [0.1, 0.15) is 18.0 Å². The number of hydrogen-bond acceptors (Lipinski definition) is 10. The predicted octanol–water partition coefficient (Wildman–Crippen LogP) is 1.81. The lowest BCUT2D eigenvalue weighted by Crippen LogP contribution is -2.44. The van der Waals surface area contributed by atoms with Gasteiger partial charge in [0.15, 0.2) is 5.72 Å². The Hall–Kier alpha value is -3.45. The lowest BCUT2D eigenvalue weighted by molar-refractivity contribution is -0.142. The van der Waals surface area contributed by atoms with E-state index in [9.17, 15) is 29.6 Å². The molecule has 0 saturated carbocycles. The van der Waals surface area contributed by atoms with E-state index in [2.05, 4.69) is 20.1 Å². The average molecular weight is 538 g/mol. The standard InChI is InChI=1S/C21H27N6O9P/c1-4-15(19(30)33-3)24-37(32,36-14-8-6-5-7-9-14)34-12-21(25-26-22)17(29)13(2)18(35-21)27-11-10-16(28)23-20(27)31/h5-11,13,15,17-18,29H,4,12H2,1-3H3,(H,24,32)(H,23,28,31)/t13-,15-,17-,18+,21+,37?/m0/s1. The number of azide groups is 1. The van der Waals surface area contributed by atoms with Crippen molar-refractivity contribution in [2.45, 2.75) is 44.4 Å². The van der Waals surface area contributed by atoms with Gasteiger partial charge >= 0.3 is 19.4 Å². The number of carbonyl (C=O) groups is 1. The number of aliphatic hydroxyl groups excluding tert-OH is 1. The molecule has 6 atom stereocenters. The second-order valence-electron chi connectivity index (χ2n) is 8.15.